The molecule has 3 atom stereocenters. The first kappa shape index (κ1) is 56.0. The molecule has 20 heteroatoms. The lowest BCUT2D eigenvalue weighted by molar-refractivity contribution is -0.144. The third kappa shape index (κ3) is 13.6. The second-order valence-corrected chi connectivity index (χ2v) is 24.5. The predicted octanol–water partition coefficient (Wildman–Crippen LogP) is 7.32. The maximum Gasteiger partial charge on any atom is 0.246 e. The summed E-state index contributed by atoms with van der Waals surface area (Å²) in [7, 11) is 0. The molecule has 5 aliphatic heterocycles. The van der Waals surface area contributed by atoms with Crippen LogP contribution in [0.15, 0.2) is 82.5 Å². The number of rotatable bonds is 17. The van der Waals surface area contributed by atoms with Crippen LogP contribution in [-0.4, -0.2) is 128 Å². The fourth-order valence-corrected chi connectivity index (χ4v) is 12.0. The van der Waals surface area contributed by atoms with Gasteiger partial charge in [-0.15, -0.1) is 16.4 Å². The summed E-state index contributed by atoms with van der Waals surface area (Å²) in [6.07, 6.45) is 12.2. The quantitative estimate of drug-likeness (QED) is 0.0778. The van der Waals surface area contributed by atoms with Crippen molar-refractivity contribution in [3.63, 3.8) is 0 Å². The summed E-state index contributed by atoms with van der Waals surface area (Å²) in [6, 6.07) is 8.94. The number of allylic oxidation sites excluding steroid dienone is 1. The van der Waals surface area contributed by atoms with Gasteiger partial charge in [0.05, 0.1) is 58.3 Å². The number of carbonyl (C=O) groups is 4. The Kier molecular flexibility index (Phi) is 17.0. The van der Waals surface area contributed by atoms with Crippen LogP contribution in [0, 0.1) is 29.4 Å². The molecular formula is C58H75F2N13O4S. The van der Waals surface area contributed by atoms with E-state index in [1.54, 1.807) is 38.1 Å². The zero-order valence-electron chi connectivity index (χ0n) is 46.1. The molecule has 4 amide bonds. The molecule has 416 valence electrons. The first-order valence-electron chi connectivity index (χ1n) is 27.5. The Morgan fingerprint density at radius 1 is 0.974 bits per heavy atom. The van der Waals surface area contributed by atoms with Crippen LogP contribution in [0.3, 0.4) is 0 Å². The van der Waals surface area contributed by atoms with Crippen LogP contribution >= 0.6 is 11.3 Å². The number of amides is 4. The van der Waals surface area contributed by atoms with Crippen molar-refractivity contribution in [1.29, 1.82) is 0 Å². The van der Waals surface area contributed by atoms with Gasteiger partial charge in [0.2, 0.25) is 23.6 Å². The fraction of sp³-hybridized carbons (Fsp3) is 0.534. The molecule has 5 aliphatic rings. The van der Waals surface area contributed by atoms with Crippen molar-refractivity contribution >= 4 is 46.9 Å². The maximum atomic E-state index is 15.8. The molecule has 1 unspecified atom stereocenters. The highest BCUT2D eigenvalue weighted by Crippen LogP contribution is 2.35. The number of halogens is 2. The number of hydrogen-bond donors (Lipinski definition) is 4. The molecule has 0 radical (unpaired) electrons. The number of likely N-dealkylation sites (tertiary alicyclic amines) is 3. The maximum absolute atomic E-state index is 15.8. The topological polar surface area (TPSA) is 185 Å². The number of nitrogens with zero attached hydrogens (tertiary/aromatic N) is 9. The second kappa shape index (κ2) is 23.7. The number of anilines is 1. The largest absolute Gasteiger partial charge is 0.365 e. The third-order valence-electron chi connectivity index (χ3n) is 16.0. The van der Waals surface area contributed by atoms with Crippen molar-refractivity contribution in [2.45, 2.75) is 143 Å². The van der Waals surface area contributed by atoms with Crippen LogP contribution in [0.4, 0.5) is 14.5 Å². The average molecular weight is 1090 g/mol. The highest BCUT2D eigenvalue weighted by Gasteiger charge is 2.44. The van der Waals surface area contributed by atoms with Crippen molar-refractivity contribution < 1.29 is 28.0 Å². The molecule has 4 aromatic rings. The van der Waals surface area contributed by atoms with Crippen molar-refractivity contribution in [3.8, 4) is 10.4 Å². The monoisotopic (exact) mass is 1090 g/mol. The van der Waals surface area contributed by atoms with Gasteiger partial charge in [0.15, 0.2) is 0 Å². The molecule has 0 saturated carbocycles. The zero-order valence-corrected chi connectivity index (χ0v) is 46.9. The molecule has 4 N–H and O–H groups in total. The summed E-state index contributed by atoms with van der Waals surface area (Å²) in [5.41, 5.74) is 9.15. The summed E-state index contributed by atoms with van der Waals surface area (Å²) in [5.74, 6) is -1.33. The summed E-state index contributed by atoms with van der Waals surface area (Å²) in [4.78, 5) is 72.2. The molecule has 0 aliphatic carbocycles. The normalized spacial score (nSPS) is 20.2. The summed E-state index contributed by atoms with van der Waals surface area (Å²) < 4.78 is 33.1. The molecule has 17 nitrogen and oxygen atoms in total. The minimum Gasteiger partial charge on any atom is -0.365 e. The van der Waals surface area contributed by atoms with Gasteiger partial charge in [-0.25, -0.2) is 18.8 Å². The van der Waals surface area contributed by atoms with Gasteiger partial charge in [0.25, 0.3) is 0 Å². The Morgan fingerprint density at radius 3 is 2.45 bits per heavy atom. The number of nitrogens with one attached hydrogen (secondary N) is 4. The van der Waals surface area contributed by atoms with Gasteiger partial charge in [-0.3, -0.25) is 28.8 Å². The van der Waals surface area contributed by atoms with Crippen LogP contribution in [0.1, 0.15) is 121 Å². The molecule has 4 fully saturated rings. The Balaban J connectivity index is 0.722. The van der Waals surface area contributed by atoms with Gasteiger partial charge in [-0.1, -0.05) is 69.8 Å². The molecule has 1 spiro atoms. The summed E-state index contributed by atoms with van der Waals surface area (Å²) in [5, 5.41) is 21.3. The number of benzene rings is 2. The molecule has 2 aromatic carbocycles. The first-order chi connectivity index (χ1) is 37.2. The van der Waals surface area contributed by atoms with Crippen LogP contribution in [0.2, 0.25) is 0 Å². The molecular weight excluding hydrogens is 1010 g/mol. The molecule has 7 heterocycles. The molecule has 0 bridgehead atoms. The number of hydrogen-bond acceptors (Lipinski definition) is 13. The zero-order chi connectivity index (χ0) is 55.4. The van der Waals surface area contributed by atoms with Gasteiger partial charge in [-0.05, 0) is 99.9 Å². The number of piperazine rings is 1. The average Bonchev–Trinajstić information content (AvgIpc) is 4.22. The van der Waals surface area contributed by atoms with Crippen LogP contribution in [-0.2, 0) is 38.8 Å². The lowest BCUT2D eigenvalue weighted by Crippen LogP contribution is -2.66. The highest BCUT2D eigenvalue weighted by molar-refractivity contribution is 7.13. The number of aryl methyl sites for hydroxylation is 2. The van der Waals surface area contributed by atoms with E-state index in [4.69, 9.17) is 0 Å². The van der Waals surface area contributed by atoms with Crippen molar-refractivity contribution in [1.82, 2.24) is 55.9 Å². The minimum absolute atomic E-state index is 0.0467. The molecule has 4 saturated heterocycles. The lowest BCUT2D eigenvalue weighted by atomic mass is 9.82. The van der Waals surface area contributed by atoms with E-state index in [-0.39, 0.29) is 53.7 Å². The lowest BCUT2D eigenvalue weighted by Gasteiger charge is -2.48. The Morgan fingerprint density at radius 2 is 1.73 bits per heavy atom. The molecule has 78 heavy (non-hydrogen) atoms. The SMILES string of the molecule is Cc1ncsc1-c1ccc(C(C)NC(=O)[C@@H]2CCCN2C(=O)[C@@H](NC(=O)CCCn2cc(CNC3=CC(N4CCC5(CC4)CN(c4cc(F)c(CN6CCC(C)(C)CC6)cc4F)CC(=O)N5)=C=CC=N3)nn2)C(C)(C)C)cc1. The van der Waals surface area contributed by atoms with Crippen LogP contribution < -0.4 is 26.2 Å². The van der Waals surface area contributed by atoms with Crippen molar-refractivity contribution in [2.24, 2.45) is 15.8 Å². The van der Waals surface area contributed by atoms with E-state index in [0.717, 1.165) is 53.3 Å². The first-order valence-corrected chi connectivity index (χ1v) is 28.4. The fourth-order valence-electron chi connectivity index (χ4n) is 11.2. The van der Waals surface area contributed by atoms with Crippen LogP contribution in [0.5, 0.6) is 0 Å². The van der Waals surface area contributed by atoms with E-state index >= 15 is 8.78 Å². The summed E-state index contributed by atoms with van der Waals surface area (Å²) >= 11 is 1.59. The Bertz CT molecular complexity index is 2970. The standard InChI is InChI=1S/C58H75F2N13O4S/c1-38(40-14-16-41(17-15-40)52-39(2)63-37-78-52)64-54(76)47-12-9-24-73(47)55(77)53(56(3,4)5)65-50(74)13-10-23-72-34-43(67-68-72)32-62-49-30-44(11-8-22-61-49)70-27-20-58(21-28-70)36-71(35-51(75)66-58)48-31-45(59)42(29-46(48)60)33-69-25-18-57(6,7)19-26-69/h8,14-17,22,29-31,34,37-38,47,53,62H,9-10,12-13,18-21,23-28,32-33,35-36H2,1-7H3,(H,64,76)(H,65,74)(H,66,75)/t38?,47-,53+/m0/s1. The summed E-state index contributed by atoms with van der Waals surface area (Å²) in [6.45, 7) is 18.9. The number of thiazole rings is 1. The van der Waals surface area contributed by atoms with Crippen LogP contribution in [0.25, 0.3) is 10.4 Å². The molecule has 2 aromatic heterocycles. The Hall–Kier alpha value is -6.76. The minimum atomic E-state index is -0.830. The van der Waals surface area contributed by atoms with E-state index < -0.39 is 34.7 Å². The smallest absolute Gasteiger partial charge is 0.246 e. The van der Waals surface area contributed by atoms with Gasteiger partial charge < -0.3 is 36.0 Å². The third-order valence-corrected chi connectivity index (χ3v) is 17.0. The van der Waals surface area contributed by atoms with Crippen molar-refractivity contribution in [2.75, 3.05) is 50.7 Å². The van der Waals surface area contributed by atoms with Gasteiger partial charge in [0.1, 0.15) is 35.2 Å². The van der Waals surface area contributed by atoms with Gasteiger partial charge in [-0.2, -0.15) is 0 Å². The Labute approximate surface area is 460 Å². The second-order valence-electron chi connectivity index (χ2n) is 23.6. The number of aromatic nitrogens is 4. The number of piperidine rings is 2. The van der Waals surface area contributed by atoms with Gasteiger partial charge in [0, 0.05) is 75.7 Å². The highest BCUT2D eigenvalue weighted by atomic mass is 32.1. The number of carbonyl (C=O) groups excluding carboxylic acids is 4. The van der Waals surface area contributed by atoms with E-state index in [9.17, 15) is 19.2 Å². The molecule has 9 rings (SSSR count). The van der Waals surface area contributed by atoms with E-state index in [0.29, 0.717) is 95.0 Å². The van der Waals surface area contributed by atoms with Gasteiger partial charge >= 0.3 is 0 Å². The van der Waals surface area contributed by atoms with E-state index in [1.807, 2.05) is 76.7 Å². The number of aliphatic imine (C=N–C) groups is 1. The predicted molar refractivity (Wildman–Crippen MR) is 298 cm³/mol. The van der Waals surface area contributed by atoms with E-state index in [1.165, 1.54) is 12.1 Å². The van der Waals surface area contributed by atoms with E-state index in [2.05, 4.69) is 70.9 Å². The van der Waals surface area contributed by atoms with Crippen molar-refractivity contribution in [3.05, 3.63) is 112 Å².